The van der Waals surface area contributed by atoms with Gasteiger partial charge in [-0.25, -0.2) is 0 Å². The average molecular weight is 302 g/mol. The van der Waals surface area contributed by atoms with E-state index in [1.54, 1.807) is 4.90 Å². The van der Waals surface area contributed by atoms with Gasteiger partial charge in [0.05, 0.1) is 7.05 Å². The van der Waals surface area contributed by atoms with Gasteiger partial charge in [0.1, 0.15) is 51.2 Å². The third kappa shape index (κ3) is 3.77. The maximum Gasteiger partial charge on any atom is 0.137 e. The molecular formula is C18H26N2O2+2. The first-order valence-electron chi connectivity index (χ1n) is 8.16. The van der Waals surface area contributed by atoms with Gasteiger partial charge in [0.15, 0.2) is 0 Å². The summed E-state index contributed by atoms with van der Waals surface area (Å²) in [6.45, 7) is 5.78. The smallest absolute Gasteiger partial charge is 0.137 e. The minimum atomic E-state index is -0.410. The standard InChI is InChI=1S/C18H24N2O2/c1-19-9-11-20(12-10-19)13-16(21)14-22-18-8-4-6-15-5-2-3-7-17(15)18/h2-8,16,21H,9-14H2,1H3/p+2/t16-/m0/s1. The molecule has 0 aliphatic carbocycles. The molecule has 3 N–H and O–H groups in total. The van der Waals surface area contributed by atoms with Crippen molar-refractivity contribution in [3.8, 4) is 5.75 Å². The van der Waals surface area contributed by atoms with E-state index >= 15 is 0 Å². The van der Waals surface area contributed by atoms with E-state index in [2.05, 4.69) is 25.2 Å². The number of quaternary nitrogens is 2. The number of hydrogen-bond donors (Lipinski definition) is 3. The van der Waals surface area contributed by atoms with Crippen molar-refractivity contribution < 1.29 is 19.6 Å². The van der Waals surface area contributed by atoms with Crippen molar-refractivity contribution in [1.29, 1.82) is 0 Å². The van der Waals surface area contributed by atoms with Crippen LogP contribution >= 0.6 is 0 Å². The molecule has 4 heteroatoms. The summed E-state index contributed by atoms with van der Waals surface area (Å²) in [4.78, 5) is 3.07. The predicted molar refractivity (Wildman–Crippen MR) is 87.6 cm³/mol. The first-order chi connectivity index (χ1) is 10.7. The van der Waals surface area contributed by atoms with Crippen molar-refractivity contribution in [2.75, 3.05) is 46.4 Å². The number of fused-ring (bicyclic) bond motifs is 1. The Morgan fingerprint density at radius 1 is 1.05 bits per heavy atom. The van der Waals surface area contributed by atoms with E-state index in [-0.39, 0.29) is 0 Å². The van der Waals surface area contributed by atoms with Crippen LogP contribution in [0.15, 0.2) is 42.5 Å². The van der Waals surface area contributed by atoms with Gasteiger partial charge in [-0.15, -0.1) is 0 Å². The van der Waals surface area contributed by atoms with E-state index in [1.807, 2.05) is 24.3 Å². The summed E-state index contributed by atoms with van der Waals surface area (Å²) < 4.78 is 5.88. The fourth-order valence-electron chi connectivity index (χ4n) is 3.13. The number of nitrogens with one attached hydrogen (secondary N) is 2. The van der Waals surface area contributed by atoms with Crippen LogP contribution in [0, 0.1) is 0 Å². The highest BCUT2D eigenvalue weighted by Crippen LogP contribution is 2.25. The summed E-state index contributed by atoms with van der Waals surface area (Å²) in [6.07, 6.45) is -0.410. The number of piperazine rings is 1. The summed E-state index contributed by atoms with van der Waals surface area (Å²) >= 11 is 0. The molecule has 2 aromatic carbocycles. The number of aliphatic hydroxyl groups excluding tert-OH is 1. The van der Waals surface area contributed by atoms with Crippen LogP contribution in [-0.2, 0) is 0 Å². The molecule has 22 heavy (non-hydrogen) atoms. The minimum absolute atomic E-state index is 0.361. The lowest BCUT2D eigenvalue weighted by Crippen LogP contribution is -3.27. The maximum absolute atomic E-state index is 10.2. The molecule has 1 atom stereocenters. The van der Waals surface area contributed by atoms with E-state index in [1.165, 1.54) is 23.4 Å². The molecule has 1 aliphatic rings. The molecule has 1 heterocycles. The molecule has 0 aromatic heterocycles. The zero-order valence-corrected chi connectivity index (χ0v) is 13.2. The number of aliphatic hydroxyl groups is 1. The molecule has 0 unspecified atom stereocenters. The second-order valence-electron chi connectivity index (χ2n) is 6.35. The number of ether oxygens (including phenoxy) is 1. The molecule has 118 valence electrons. The topological polar surface area (TPSA) is 38.3 Å². The Morgan fingerprint density at radius 3 is 2.59 bits per heavy atom. The van der Waals surface area contributed by atoms with Gasteiger partial charge in [-0.3, -0.25) is 0 Å². The van der Waals surface area contributed by atoms with Crippen molar-refractivity contribution >= 4 is 10.8 Å². The Balaban J connectivity index is 1.55. The quantitative estimate of drug-likeness (QED) is 0.662. The average Bonchev–Trinajstić information content (AvgIpc) is 2.55. The minimum Gasteiger partial charge on any atom is -0.490 e. The molecule has 3 rings (SSSR count). The Morgan fingerprint density at radius 2 is 1.77 bits per heavy atom. The lowest BCUT2D eigenvalue weighted by Gasteiger charge is -2.28. The van der Waals surface area contributed by atoms with Crippen LogP contribution in [0.25, 0.3) is 10.8 Å². The molecule has 1 saturated heterocycles. The van der Waals surface area contributed by atoms with Crippen LogP contribution in [0.5, 0.6) is 5.75 Å². The number of likely N-dealkylation sites (N-methyl/N-ethyl adjacent to an activating group) is 1. The molecule has 0 radical (unpaired) electrons. The Hall–Kier alpha value is -1.62. The maximum atomic E-state index is 10.2. The fourth-order valence-corrected chi connectivity index (χ4v) is 3.13. The highest BCUT2D eigenvalue weighted by Gasteiger charge is 2.22. The molecule has 2 aromatic rings. The van der Waals surface area contributed by atoms with Gasteiger partial charge in [0.2, 0.25) is 0 Å². The highest BCUT2D eigenvalue weighted by molar-refractivity contribution is 5.88. The van der Waals surface area contributed by atoms with Crippen molar-refractivity contribution in [2.24, 2.45) is 0 Å². The summed E-state index contributed by atoms with van der Waals surface area (Å²) in [5.74, 6) is 0.856. The largest absolute Gasteiger partial charge is 0.490 e. The van der Waals surface area contributed by atoms with E-state index in [4.69, 9.17) is 4.74 Å². The molecule has 1 fully saturated rings. The van der Waals surface area contributed by atoms with Gasteiger partial charge in [0, 0.05) is 5.39 Å². The molecule has 1 aliphatic heterocycles. The number of rotatable bonds is 5. The van der Waals surface area contributed by atoms with Gasteiger partial charge in [-0.1, -0.05) is 36.4 Å². The molecule has 4 nitrogen and oxygen atoms in total. The van der Waals surface area contributed by atoms with Crippen molar-refractivity contribution in [1.82, 2.24) is 0 Å². The Bertz CT molecular complexity index is 604. The van der Waals surface area contributed by atoms with Crippen molar-refractivity contribution in [3.63, 3.8) is 0 Å². The lowest BCUT2D eigenvalue weighted by atomic mass is 10.1. The first kappa shape index (κ1) is 15.3. The third-order valence-corrected chi connectivity index (χ3v) is 4.52. The Labute approximate surface area is 131 Å². The third-order valence-electron chi connectivity index (χ3n) is 4.52. The molecule has 0 spiro atoms. The summed E-state index contributed by atoms with van der Waals surface area (Å²) in [5, 5.41) is 12.5. The lowest BCUT2D eigenvalue weighted by molar-refractivity contribution is -1.00. The van der Waals surface area contributed by atoms with Gasteiger partial charge >= 0.3 is 0 Å². The first-order valence-corrected chi connectivity index (χ1v) is 8.16. The van der Waals surface area contributed by atoms with Crippen molar-refractivity contribution in [2.45, 2.75) is 6.10 Å². The Kier molecular flexibility index (Phi) is 4.93. The van der Waals surface area contributed by atoms with Gasteiger partial charge in [-0.05, 0) is 11.5 Å². The van der Waals surface area contributed by atoms with Gasteiger partial charge in [0.25, 0.3) is 0 Å². The molecule has 0 bridgehead atoms. The van der Waals surface area contributed by atoms with Crippen LogP contribution in [0.4, 0.5) is 0 Å². The molecule has 0 amide bonds. The SMILES string of the molecule is C[NH+]1CC[NH+](C[C@H](O)COc2cccc3ccccc23)CC1. The zero-order valence-electron chi connectivity index (χ0n) is 13.2. The van der Waals surface area contributed by atoms with E-state index in [0.717, 1.165) is 30.8 Å². The molecular weight excluding hydrogens is 276 g/mol. The summed E-state index contributed by atoms with van der Waals surface area (Å²) in [6, 6.07) is 14.2. The van der Waals surface area contributed by atoms with Gasteiger partial charge in [-0.2, -0.15) is 0 Å². The monoisotopic (exact) mass is 302 g/mol. The van der Waals surface area contributed by atoms with Crippen LogP contribution < -0.4 is 14.5 Å². The van der Waals surface area contributed by atoms with Crippen molar-refractivity contribution in [3.05, 3.63) is 42.5 Å². The summed E-state index contributed by atoms with van der Waals surface area (Å²) in [5.41, 5.74) is 0. The van der Waals surface area contributed by atoms with Crippen LogP contribution in [0.3, 0.4) is 0 Å². The van der Waals surface area contributed by atoms with Crippen LogP contribution in [-0.4, -0.2) is 57.6 Å². The number of hydrogen-bond acceptors (Lipinski definition) is 2. The fraction of sp³-hybridized carbons (Fsp3) is 0.444. The van der Waals surface area contributed by atoms with E-state index < -0.39 is 6.10 Å². The normalized spacial score (nSPS) is 23.4. The molecule has 0 saturated carbocycles. The van der Waals surface area contributed by atoms with Crippen LogP contribution in [0.2, 0.25) is 0 Å². The second kappa shape index (κ2) is 7.09. The van der Waals surface area contributed by atoms with E-state index in [0.29, 0.717) is 6.61 Å². The summed E-state index contributed by atoms with van der Waals surface area (Å²) in [7, 11) is 2.23. The predicted octanol–water partition coefficient (Wildman–Crippen LogP) is -1.01. The number of benzene rings is 2. The second-order valence-corrected chi connectivity index (χ2v) is 6.35. The van der Waals surface area contributed by atoms with E-state index in [9.17, 15) is 5.11 Å². The zero-order chi connectivity index (χ0) is 15.4. The van der Waals surface area contributed by atoms with Gasteiger partial charge < -0.3 is 19.6 Å². The highest BCUT2D eigenvalue weighted by atomic mass is 16.5. The van der Waals surface area contributed by atoms with Crippen LogP contribution in [0.1, 0.15) is 0 Å².